The average molecular weight is 889 g/mol. The molecule has 0 aliphatic rings. The van der Waals surface area contributed by atoms with Gasteiger partial charge in [0.15, 0.2) is 6.10 Å². The number of unbranched alkanes of at least 4 members (excludes halogenated alkanes) is 39. The number of carbonyl (C=O) groups excluding carboxylic acids is 3. The number of esters is 3. The van der Waals surface area contributed by atoms with E-state index in [-0.39, 0.29) is 31.1 Å². The minimum Gasteiger partial charge on any atom is -0.462 e. The van der Waals surface area contributed by atoms with Gasteiger partial charge in [-0.25, -0.2) is 0 Å². The lowest BCUT2D eigenvalue weighted by Crippen LogP contribution is -2.30. The summed E-state index contributed by atoms with van der Waals surface area (Å²) in [5, 5.41) is 0. The Kier molecular flexibility index (Phi) is 51.2. The van der Waals surface area contributed by atoms with Crippen molar-refractivity contribution < 1.29 is 28.6 Å². The Bertz CT molecular complexity index is 978. The molecule has 0 aromatic carbocycles. The summed E-state index contributed by atoms with van der Waals surface area (Å²) >= 11 is 0. The number of carbonyl (C=O) groups is 3. The number of hydrogen-bond donors (Lipinski definition) is 0. The van der Waals surface area contributed by atoms with Crippen molar-refractivity contribution in [2.75, 3.05) is 13.2 Å². The van der Waals surface area contributed by atoms with E-state index in [0.29, 0.717) is 19.3 Å². The predicted molar refractivity (Wildman–Crippen MR) is 270 cm³/mol. The summed E-state index contributed by atoms with van der Waals surface area (Å²) in [5.41, 5.74) is 0. The Morgan fingerprint density at radius 3 is 0.794 bits per heavy atom. The molecule has 0 heterocycles. The summed E-state index contributed by atoms with van der Waals surface area (Å²) in [7, 11) is 0. The number of ether oxygens (including phenoxy) is 3. The lowest BCUT2D eigenvalue weighted by atomic mass is 10.0. The Morgan fingerprint density at radius 1 is 0.302 bits per heavy atom. The van der Waals surface area contributed by atoms with Crippen LogP contribution in [0.5, 0.6) is 0 Å². The molecule has 0 N–H and O–H groups in total. The maximum absolute atomic E-state index is 12.8. The van der Waals surface area contributed by atoms with Crippen molar-refractivity contribution in [1.29, 1.82) is 0 Å². The average Bonchev–Trinajstić information content (AvgIpc) is 3.28. The van der Waals surface area contributed by atoms with E-state index in [4.69, 9.17) is 14.2 Å². The maximum atomic E-state index is 12.8. The van der Waals surface area contributed by atoms with Crippen LogP contribution in [0.25, 0.3) is 0 Å². The van der Waals surface area contributed by atoms with Crippen LogP contribution in [-0.4, -0.2) is 37.2 Å². The van der Waals surface area contributed by atoms with Crippen LogP contribution < -0.4 is 0 Å². The van der Waals surface area contributed by atoms with E-state index >= 15 is 0 Å². The van der Waals surface area contributed by atoms with Gasteiger partial charge in [0, 0.05) is 19.3 Å². The second kappa shape index (κ2) is 52.8. The maximum Gasteiger partial charge on any atom is 0.306 e. The topological polar surface area (TPSA) is 78.9 Å². The molecule has 0 saturated heterocycles. The van der Waals surface area contributed by atoms with Crippen LogP contribution in [0.15, 0.2) is 12.2 Å². The monoisotopic (exact) mass is 889 g/mol. The number of hydrogen-bond acceptors (Lipinski definition) is 6. The first kappa shape index (κ1) is 61.1. The quantitative estimate of drug-likeness (QED) is 0.0262. The second-order valence-electron chi connectivity index (χ2n) is 19.2. The highest BCUT2D eigenvalue weighted by Gasteiger charge is 2.19. The summed E-state index contributed by atoms with van der Waals surface area (Å²) in [5.74, 6) is -0.852. The van der Waals surface area contributed by atoms with Gasteiger partial charge in [0.05, 0.1) is 0 Å². The van der Waals surface area contributed by atoms with Crippen molar-refractivity contribution in [1.82, 2.24) is 0 Å². The summed E-state index contributed by atoms with van der Waals surface area (Å²) in [6.07, 6.45) is 59.2. The summed E-state index contributed by atoms with van der Waals surface area (Å²) < 4.78 is 16.8. The van der Waals surface area contributed by atoms with Gasteiger partial charge in [-0.3, -0.25) is 14.4 Å². The Hall–Kier alpha value is -1.85. The van der Waals surface area contributed by atoms with Crippen LogP contribution in [0.3, 0.4) is 0 Å². The SMILES string of the molecule is CCCCCCCCCC/C=C\CCCCCCCCCC(=O)OCC(COC(=O)CCCCCCCCCCC)OC(=O)CCCCCCCCCCCCCCCCCCC. The zero-order valence-electron chi connectivity index (χ0n) is 42.6. The van der Waals surface area contributed by atoms with Crippen molar-refractivity contribution in [2.45, 2.75) is 322 Å². The van der Waals surface area contributed by atoms with Gasteiger partial charge in [-0.05, 0) is 44.9 Å². The molecule has 1 unspecified atom stereocenters. The number of allylic oxidation sites excluding steroid dienone is 2. The second-order valence-corrected chi connectivity index (χ2v) is 19.2. The zero-order valence-corrected chi connectivity index (χ0v) is 42.6. The molecule has 0 aromatic rings. The third-order valence-corrected chi connectivity index (χ3v) is 12.8. The molecule has 0 aliphatic carbocycles. The third-order valence-electron chi connectivity index (χ3n) is 12.8. The fourth-order valence-corrected chi connectivity index (χ4v) is 8.50. The molecule has 0 spiro atoms. The molecular weight excluding hydrogens is 781 g/mol. The van der Waals surface area contributed by atoms with Crippen molar-refractivity contribution in [2.24, 2.45) is 0 Å². The molecule has 0 aliphatic heterocycles. The van der Waals surface area contributed by atoms with Crippen molar-refractivity contribution in [3.63, 3.8) is 0 Å². The van der Waals surface area contributed by atoms with Gasteiger partial charge in [-0.1, -0.05) is 264 Å². The van der Waals surface area contributed by atoms with E-state index in [1.54, 1.807) is 0 Å². The number of rotatable bonds is 52. The fourth-order valence-electron chi connectivity index (χ4n) is 8.50. The summed E-state index contributed by atoms with van der Waals surface area (Å²) in [4.78, 5) is 38.0. The van der Waals surface area contributed by atoms with Gasteiger partial charge < -0.3 is 14.2 Å². The van der Waals surface area contributed by atoms with E-state index in [1.165, 1.54) is 218 Å². The molecule has 0 saturated carbocycles. The molecule has 6 heteroatoms. The molecule has 0 radical (unpaired) electrons. The van der Waals surface area contributed by atoms with Gasteiger partial charge in [0.1, 0.15) is 13.2 Å². The Labute approximate surface area is 392 Å². The first-order valence-electron chi connectivity index (χ1n) is 28.2. The van der Waals surface area contributed by atoms with Gasteiger partial charge in [0.2, 0.25) is 0 Å². The van der Waals surface area contributed by atoms with E-state index in [0.717, 1.165) is 57.8 Å². The zero-order chi connectivity index (χ0) is 45.8. The minimum atomic E-state index is -0.765. The van der Waals surface area contributed by atoms with Crippen molar-refractivity contribution in [3.8, 4) is 0 Å². The molecule has 63 heavy (non-hydrogen) atoms. The lowest BCUT2D eigenvalue weighted by Gasteiger charge is -2.18. The van der Waals surface area contributed by atoms with E-state index in [9.17, 15) is 14.4 Å². The molecular formula is C57H108O6. The standard InChI is InChI=1S/C57H108O6/c1-4-7-10-13-16-19-21-23-25-27-28-30-31-33-35-38-41-44-47-50-56(59)62-53-54(52-61-55(58)49-46-43-40-37-18-15-12-9-6-3)63-57(60)51-48-45-42-39-36-34-32-29-26-24-22-20-17-14-11-8-5-2/h27-28,54H,4-26,29-53H2,1-3H3/b28-27-. The van der Waals surface area contributed by atoms with E-state index < -0.39 is 6.10 Å². The smallest absolute Gasteiger partial charge is 0.306 e. The highest BCUT2D eigenvalue weighted by molar-refractivity contribution is 5.71. The molecule has 0 rings (SSSR count). The van der Waals surface area contributed by atoms with Gasteiger partial charge in [-0.15, -0.1) is 0 Å². The van der Waals surface area contributed by atoms with Gasteiger partial charge in [0.25, 0.3) is 0 Å². The van der Waals surface area contributed by atoms with E-state index in [1.807, 2.05) is 0 Å². The third kappa shape index (κ3) is 51.0. The summed E-state index contributed by atoms with van der Waals surface area (Å²) in [6.45, 7) is 6.67. The summed E-state index contributed by atoms with van der Waals surface area (Å²) in [6, 6.07) is 0. The van der Waals surface area contributed by atoms with Crippen LogP contribution in [0, 0.1) is 0 Å². The predicted octanol–water partition coefficient (Wildman–Crippen LogP) is 18.5. The molecule has 372 valence electrons. The largest absolute Gasteiger partial charge is 0.462 e. The van der Waals surface area contributed by atoms with Gasteiger partial charge >= 0.3 is 17.9 Å². The molecule has 0 aromatic heterocycles. The molecule has 0 fully saturated rings. The van der Waals surface area contributed by atoms with Crippen LogP contribution in [-0.2, 0) is 28.6 Å². The first-order valence-corrected chi connectivity index (χ1v) is 28.2. The van der Waals surface area contributed by atoms with Crippen LogP contribution in [0.1, 0.15) is 316 Å². The molecule has 1 atom stereocenters. The highest BCUT2D eigenvalue weighted by atomic mass is 16.6. The van der Waals surface area contributed by atoms with Crippen molar-refractivity contribution in [3.05, 3.63) is 12.2 Å². The molecule has 6 nitrogen and oxygen atoms in total. The van der Waals surface area contributed by atoms with Crippen LogP contribution >= 0.6 is 0 Å². The van der Waals surface area contributed by atoms with Gasteiger partial charge in [-0.2, -0.15) is 0 Å². The van der Waals surface area contributed by atoms with Crippen LogP contribution in [0.2, 0.25) is 0 Å². The highest BCUT2D eigenvalue weighted by Crippen LogP contribution is 2.17. The van der Waals surface area contributed by atoms with E-state index in [2.05, 4.69) is 32.9 Å². The normalized spacial score (nSPS) is 12.0. The fraction of sp³-hybridized carbons (Fsp3) is 0.912. The van der Waals surface area contributed by atoms with Crippen LogP contribution in [0.4, 0.5) is 0 Å². The minimum absolute atomic E-state index is 0.0661. The Balaban J connectivity index is 4.23. The lowest BCUT2D eigenvalue weighted by molar-refractivity contribution is -0.167. The molecule has 0 amide bonds. The first-order chi connectivity index (χ1) is 31.0. The Morgan fingerprint density at radius 2 is 0.524 bits per heavy atom. The van der Waals surface area contributed by atoms with Crippen molar-refractivity contribution >= 4 is 17.9 Å². The molecule has 0 bridgehead atoms.